The second-order valence-corrected chi connectivity index (χ2v) is 7.04. The van der Waals surface area contributed by atoms with Crippen molar-refractivity contribution in [3.05, 3.63) is 12.3 Å². The van der Waals surface area contributed by atoms with Crippen molar-refractivity contribution in [3.8, 4) is 0 Å². The van der Waals surface area contributed by atoms with Crippen LogP contribution < -0.4 is 5.32 Å². The van der Waals surface area contributed by atoms with Gasteiger partial charge in [-0.05, 0) is 32.1 Å². The summed E-state index contributed by atoms with van der Waals surface area (Å²) >= 11 is 0. The molecule has 2 heteroatoms. The summed E-state index contributed by atoms with van der Waals surface area (Å²) in [6.45, 7) is 10.8. The standard InChI is InChI=1S/C18H35NO/c1-6-10-16(19-17-11-8-7-9-12-17)13-14-18(3,4)15(2)20-5/h16-17,19H,2,6-14H2,1,3-5H3. The molecule has 0 radical (unpaired) electrons. The van der Waals surface area contributed by atoms with Crippen molar-refractivity contribution in [2.24, 2.45) is 5.41 Å². The van der Waals surface area contributed by atoms with Crippen LogP contribution in [-0.4, -0.2) is 19.2 Å². The molecule has 0 spiro atoms. The maximum absolute atomic E-state index is 5.34. The van der Waals surface area contributed by atoms with Gasteiger partial charge in [-0.2, -0.15) is 0 Å². The Morgan fingerprint density at radius 1 is 1.25 bits per heavy atom. The smallest absolute Gasteiger partial charge is 0.0939 e. The summed E-state index contributed by atoms with van der Waals surface area (Å²) in [6, 6.07) is 1.42. The van der Waals surface area contributed by atoms with Crippen molar-refractivity contribution < 1.29 is 4.74 Å². The first-order chi connectivity index (χ1) is 9.49. The number of rotatable bonds is 9. The summed E-state index contributed by atoms with van der Waals surface area (Å²) < 4.78 is 5.34. The van der Waals surface area contributed by atoms with Crippen LogP contribution in [-0.2, 0) is 4.74 Å². The molecule has 0 heterocycles. The molecule has 20 heavy (non-hydrogen) atoms. The second kappa shape index (κ2) is 8.71. The van der Waals surface area contributed by atoms with Crippen LogP contribution >= 0.6 is 0 Å². The van der Waals surface area contributed by atoms with Crippen LogP contribution in [0, 0.1) is 5.41 Å². The van der Waals surface area contributed by atoms with E-state index in [-0.39, 0.29) is 5.41 Å². The average molecular weight is 281 g/mol. The third kappa shape index (κ3) is 5.87. The Labute approximate surface area is 126 Å². The lowest BCUT2D eigenvalue weighted by molar-refractivity contribution is 0.178. The second-order valence-electron chi connectivity index (χ2n) is 7.04. The van der Waals surface area contributed by atoms with Crippen LogP contribution in [0.3, 0.4) is 0 Å². The normalized spacial score (nSPS) is 18.8. The molecule has 1 rings (SSSR count). The predicted octanol–water partition coefficient (Wildman–Crippen LogP) is 5.04. The van der Waals surface area contributed by atoms with Gasteiger partial charge in [-0.25, -0.2) is 0 Å². The van der Waals surface area contributed by atoms with Gasteiger partial charge in [0.2, 0.25) is 0 Å². The third-order valence-electron chi connectivity index (χ3n) is 4.83. The Balaban J connectivity index is 2.43. The highest BCUT2D eigenvalue weighted by Crippen LogP contribution is 2.32. The van der Waals surface area contributed by atoms with Crippen molar-refractivity contribution in [1.29, 1.82) is 0 Å². The molecule has 0 saturated heterocycles. The Bertz CT molecular complexity index is 279. The van der Waals surface area contributed by atoms with Gasteiger partial charge in [0.15, 0.2) is 0 Å². The quantitative estimate of drug-likeness (QED) is 0.598. The van der Waals surface area contributed by atoms with E-state index in [9.17, 15) is 0 Å². The Hall–Kier alpha value is -0.500. The van der Waals surface area contributed by atoms with E-state index in [0.29, 0.717) is 6.04 Å². The fourth-order valence-corrected chi connectivity index (χ4v) is 3.21. The summed E-state index contributed by atoms with van der Waals surface area (Å²) in [5.74, 6) is 0.908. The van der Waals surface area contributed by atoms with Gasteiger partial charge in [0, 0.05) is 17.5 Å². The monoisotopic (exact) mass is 281 g/mol. The van der Waals surface area contributed by atoms with E-state index in [1.165, 1.54) is 51.4 Å². The molecule has 1 unspecified atom stereocenters. The van der Waals surface area contributed by atoms with Gasteiger partial charge in [-0.1, -0.05) is 53.0 Å². The maximum atomic E-state index is 5.34. The maximum Gasteiger partial charge on any atom is 0.0939 e. The zero-order valence-corrected chi connectivity index (χ0v) is 14.1. The lowest BCUT2D eigenvalue weighted by atomic mass is 9.83. The SMILES string of the molecule is C=C(OC)C(C)(C)CCC(CCC)NC1CCCCC1. The Kier molecular flexibility index (Phi) is 7.65. The molecule has 0 bridgehead atoms. The van der Waals surface area contributed by atoms with Crippen LogP contribution in [0.4, 0.5) is 0 Å². The number of nitrogens with one attached hydrogen (secondary N) is 1. The van der Waals surface area contributed by atoms with Crippen molar-refractivity contribution >= 4 is 0 Å². The molecule has 1 N–H and O–H groups in total. The van der Waals surface area contributed by atoms with Gasteiger partial charge in [-0.15, -0.1) is 0 Å². The lowest BCUT2D eigenvalue weighted by Gasteiger charge is -2.32. The summed E-state index contributed by atoms with van der Waals surface area (Å²) in [6.07, 6.45) is 11.9. The predicted molar refractivity (Wildman–Crippen MR) is 87.9 cm³/mol. The number of hydrogen-bond acceptors (Lipinski definition) is 2. The van der Waals surface area contributed by atoms with Gasteiger partial charge < -0.3 is 10.1 Å². The van der Waals surface area contributed by atoms with Crippen LogP contribution in [0.25, 0.3) is 0 Å². The molecular weight excluding hydrogens is 246 g/mol. The molecule has 0 aliphatic heterocycles. The van der Waals surface area contributed by atoms with Crippen LogP contribution in [0.5, 0.6) is 0 Å². The lowest BCUT2D eigenvalue weighted by Crippen LogP contribution is -2.40. The van der Waals surface area contributed by atoms with Crippen LogP contribution in [0.15, 0.2) is 12.3 Å². The summed E-state index contributed by atoms with van der Waals surface area (Å²) in [4.78, 5) is 0. The first-order valence-electron chi connectivity index (χ1n) is 8.49. The highest BCUT2D eigenvalue weighted by atomic mass is 16.5. The van der Waals surface area contributed by atoms with E-state index in [2.05, 4.69) is 32.7 Å². The highest BCUT2D eigenvalue weighted by Gasteiger charge is 2.25. The third-order valence-corrected chi connectivity index (χ3v) is 4.83. The number of allylic oxidation sites excluding steroid dienone is 1. The van der Waals surface area contributed by atoms with Crippen molar-refractivity contribution in [2.75, 3.05) is 7.11 Å². The van der Waals surface area contributed by atoms with Crippen LogP contribution in [0.1, 0.15) is 78.6 Å². The molecular formula is C18H35NO. The van der Waals surface area contributed by atoms with E-state index >= 15 is 0 Å². The molecule has 118 valence electrons. The first-order valence-corrected chi connectivity index (χ1v) is 8.49. The number of hydrogen-bond donors (Lipinski definition) is 1. The van der Waals surface area contributed by atoms with Crippen LogP contribution in [0.2, 0.25) is 0 Å². The van der Waals surface area contributed by atoms with Crippen molar-refractivity contribution in [1.82, 2.24) is 5.32 Å². The van der Waals surface area contributed by atoms with E-state index in [1.54, 1.807) is 7.11 Å². The van der Waals surface area contributed by atoms with E-state index in [1.807, 2.05) is 0 Å². The molecule has 1 atom stereocenters. The number of methoxy groups -OCH3 is 1. The Morgan fingerprint density at radius 3 is 2.45 bits per heavy atom. The van der Waals surface area contributed by atoms with Gasteiger partial charge >= 0.3 is 0 Å². The fraction of sp³-hybridized carbons (Fsp3) is 0.889. The zero-order valence-electron chi connectivity index (χ0n) is 14.1. The number of ether oxygens (including phenoxy) is 1. The average Bonchev–Trinajstić information content (AvgIpc) is 2.45. The van der Waals surface area contributed by atoms with Gasteiger partial charge in [0.1, 0.15) is 0 Å². The fourth-order valence-electron chi connectivity index (χ4n) is 3.21. The molecule has 2 nitrogen and oxygen atoms in total. The molecule has 1 fully saturated rings. The zero-order chi connectivity index (χ0) is 15.0. The van der Waals surface area contributed by atoms with E-state index in [4.69, 9.17) is 4.74 Å². The minimum atomic E-state index is 0.0784. The largest absolute Gasteiger partial charge is 0.501 e. The van der Waals surface area contributed by atoms with Gasteiger partial charge in [-0.3, -0.25) is 0 Å². The molecule has 1 aliphatic rings. The van der Waals surface area contributed by atoms with Crippen molar-refractivity contribution in [3.63, 3.8) is 0 Å². The molecule has 1 aliphatic carbocycles. The highest BCUT2D eigenvalue weighted by molar-refractivity contribution is 4.98. The van der Waals surface area contributed by atoms with E-state index < -0.39 is 0 Å². The van der Waals surface area contributed by atoms with Gasteiger partial charge in [0.25, 0.3) is 0 Å². The summed E-state index contributed by atoms with van der Waals surface area (Å²) in [5.41, 5.74) is 0.0784. The minimum absolute atomic E-state index is 0.0784. The molecule has 0 aromatic rings. The van der Waals surface area contributed by atoms with Gasteiger partial charge in [0.05, 0.1) is 12.9 Å². The van der Waals surface area contributed by atoms with E-state index in [0.717, 1.165) is 18.2 Å². The summed E-state index contributed by atoms with van der Waals surface area (Å²) in [7, 11) is 1.73. The molecule has 0 aromatic carbocycles. The Morgan fingerprint density at radius 2 is 1.90 bits per heavy atom. The topological polar surface area (TPSA) is 21.3 Å². The summed E-state index contributed by atoms with van der Waals surface area (Å²) in [5, 5.41) is 3.92. The molecule has 0 aromatic heterocycles. The first kappa shape index (κ1) is 17.6. The van der Waals surface area contributed by atoms with Crippen molar-refractivity contribution in [2.45, 2.75) is 90.6 Å². The molecule has 1 saturated carbocycles. The molecule has 0 amide bonds. The minimum Gasteiger partial charge on any atom is -0.501 e.